The van der Waals surface area contributed by atoms with Crippen LogP contribution in [0.3, 0.4) is 0 Å². The first-order valence-electron chi connectivity index (χ1n) is 10.3. The molecule has 1 aromatic carbocycles. The summed E-state index contributed by atoms with van der Waals surface area (Å²) in [4.78, 5) is 13.8. The van der Waals surface area contributed by atoms with Gasteiger partial charge in [0.1, 0.15) is 11.5 Å². The lowest BCUT2D eigenvalue weighted by atomic mass is 9.97. The number of nitrogens with two attached hydrogens (primary N) is 2. The Bertz CT molecular complexity index is 1350. The molecule has 0 saturated carbocycles. The van der Waals surface area contributed by atoms with Gasteiger partial charge >= 0.3 is 0 Å². The van der Waals surface area contributed by atoms with Crippen LogP contribution in [0.5, 0.6) is 0 Å². The Morgan fingerprint density at radius 3 is 2.53 bits per heavy atom. The van der Waals surface area contributed by atoms with Gasteiger partial charge in [-0.2, -0.15) is 0 Å². The molecular weight excluding hydrogens is 420 g/mol. The SMILES string of the molecule is Cc1cc(-c2csc3c(C(N)C(N)Cc4ccccc4)nc(-c4ccncc4)nc23)no1. The number of aryl methyl sites for hydroxylation is 1. The van der Waals surface area contributed by atoms with Crippen molar-refractivity contribution in [2.24, 2.45) is 11.5 Å². The predicted octanol–water partition coefficient (Wildman–Crippen LogP) is 4.29. The van der Waals surface area contributed by atoms with Gasteiger partial charge in [-0.3, -0.25) is 4.98 Å². The van der Waals surface area contributed by atoms with Crippen molar-refractivity contribution in [3.05, 3.63) is 83.3 Å². The van der Waals surface area contributed by atoms with Crippen molar-refractivity contribution in [2.75, 3.05) is 0 Å². The molecule has 0 fully saturated rings. The molecule has 4 aromatic heterocycles. The third-order valence-electron chi connectivity index (χ3n) is 5.38. The molecule has 5 aromatic rings. The zero-order chi connectivity index (χ0) is 22.1. The number of benzene rings is 1. The lowest BCUT2D eigenvalue weighted by Crippen LogP contribution is -2.36. The van der Waals surface area contributed by atoms with Gasteiger partial charge in [0.15, 0.2) is 5.82 Å². The zero-order valence-corrected chi connectivity index (χ0v) is 18.3. The van der Waals surface area contributed by atoms with Gasteiger partial charge in [-0.1, -0.05) is 35.5 Å². The Morgan fingerprint density at radius 2 is 1.81 bits per heavy atom. The van der Waals surface area contributed by atoms with Gasteiger partial charge in [0.05, 0.1) is 22.0 Å². The third kappa shape index (κ3) is 3.91. The summed E-state index contributed by atoms with van der Waals surface area (Å²) in [7, 11) is 0. The van der Waals surface area contributed by atoms with Crippen LogP contribution in [0.4, 0.5) is 0 Å². The second-order valence-electron chi connectivity index (χ2n) is 7.70. The molecule has 0 aliphatic heterocycles. The van der Waals surface area contributed by atoms with Crippen LogP contribution < -0.4 is 11.5 Å². The third-order valence-corrected chi connectivity index (χ3v) is 6.37. The number of fused-ring (bicyclic) bond motifs is 1. The van der Waals surface area contributed by atoms with Gasteiger partial charge < -0.3 is 16.0 Å². The lowest BCUT2D eigenvalue weighted by molar-refractivity contribution is 0.400. The van der Waals surface area contributed by atoms with Gasteiger partial charge in [0.2, 0.25) is 0 Å². The number of hydrogen-bond donors (Lipinski definition) is 2. The summed E-state index contributed by atoms with van der Waals surface area (Å²) in [5.74, 6) is 1.32. The van der Waals surface area contributed by atoms with Crippen LogP contribution in [-0.2, 0) is 6.42 Å². The number of thiophene rings is 1. The number of rotatable bonds is 6. The second-order valence-corrected chi connectivity index (χ2v) is 8.58. The highest BCUT2D eigenvalue weighted by atomic mass is 32.1. The zero-order valence-electron chi connectivity index (χ0n) is 17.5. The molecule has 0 saturated heterocycles. The fourth-order valence-corrected chi connectivity index (χ4v) is 4.73. The Morgan fingerprint density at radius 1 is 1.03 bits per heavy atom. The first kappa shape index (κ1) is 20.4. The molecule has 0 amide bonds. The molecule has 0 radical (unpaired) electrons. The van der Waals surface area contributed by atoms with E-state index in [4.69, 9.17) is 26.0 Å². The molecule has 2 atom stereocenters. The Hall–Kier alpha value is -3.46. The van der Waals surface area contributed by atoms with E-state index >= 15 is 0 Å². The number of hydrogen-bond acceptors (Lipinski definition) is 8. The summed E-state index contributed by atoms with van der Waals surface area (Å²) in [5, 5.41) is 6.20. The topological polar surface area (TPSA) is 117 Å². The molecule has 0 aliphatic carbocycles. The van der Waals surface area contributed by atoms with Crippen LogP contribution in [0.2, 0.25) is 0 Å². The Kier molecular flexibility index (Phi) is 5.48. The molecule has 8 heteroatoms. The van der Waals surface area contributed by atoms with Crippen molar-refractivity contribution < 1.29 is 4.52 Å². The lowest BCUT2D eigenvalue weighted by Gasteiger charge is -2.20. The average molecular weight is 443 g/mol. The van der Waals surface area contributed by atoms with Crippen LogP contribution in [0.15, 0.2) is 70.8 Å². The molecule has 4 N–H and O–H groups in total. The van der Waals surface area contributed by atoms with Gasteiger partial charge in [-0.25, -0.2) is 9.97 Å². The van der Waals surface area contributed by atoms with Gasteiger partial charge in [-0.15, -0.1) is 11.3 Å². The smallest absolute Gasteiger partial charge is 0.160 e. The number of pyridine rings is 1. The highest BCUT2D eigenvalue weighted by molar-refractivity contribution is 7.17. The van der Waals surface area contributed by atoms with E-state index in [1.165, 1.54) is 0 Å². The maximum Gasteiger partial charge on any atom is 0.160 e. The van der Waals surface area contributed by atoms with E-state index in [1.54, 1.807) is 23.7 Å². The summed E-state index contributed by atoms with van der Waals surface area (Å²) in [6.45, 7) is 1.87. The van der Waals surface area contributed by atoms with Crippen molar-refractivity contribution >= 4 is 21.6 Å². The molecule has 2 unspecified atom stereocenters. The normalized spacial score (nSPS) is 13.3. The molecule has 4 heterocycles. The van der Waals surface area contributed by atoms with E-state index in [9.17, 15) is 0 Å². The quantitative estimate of drug-likeness (QED) is 0.403. The van der Waals surface area contributed by atoms with Crippen molar-refractivity contribution in [3.8, 4) is 22.6 Å². The monoisotopic (exact) mass is 442 g/mol. The maximum atomic E-state index is 6.70. The van der Waals surface area contributed by atoms with Gasteiger partial charge in [-0.05, 0) is 31.0 Å². The summed E-state index contributed by atoms with van der Waals surface area (Å²) in [6.07, 6.45) is 4.09. The first-order valence-corrected chi connectivity index (χ1v) is 11.2. The highest BCUT2D eigenvalue weighted by Crippen LogP contribution is 2.37. The van der Waals surface area contributed by atoms with E-state index in [-0.39, 0.29) is 6.04 Å². The molecule has 0 aliphatic rings. The standard InChI is InChI=1S/C24H22N6OS/c1-14-11-19(30-31-14)17-13-32-23-21(17)28-24(16-7-9-27-10-8-16)29-22(23)20(26)18(25)12-15-5-3-2-4-6-15/h2-11,13,18,20H,12,25-26H2,1H3. The largest absolute Gasteiger partial charge is 0.361 e. The van der Waals surface area contributed by atoms with Crippen LogP contribution >= 0.6 is 11.3 Å². The molecule has 160 valence electrons. The molecular formula is C24H22N6OS. The second kappa shape index (κ2) is 8.58. The van der Waals surface area contributed by atoms with Crippen molar-refractivity contribution in [2.45, 2.75) is 25.4 Å². The molecule has 7 nitrogen and oxygen atoms in total. The first-order chi connectivity index (χ1) is 15.6. The van der Waals surface area contributed by atoms with Crippen molar-refractivity contribution in [3.63, 3.8) is 0 Å². The van der Waals surface area contributed by atoms with Crippen molar-refractivity contribution in [1.29, 1.82) is 0 Å². The fourth-order valence-electron chi connectivity index (χ4n) is 3.69. The van der Waals surface area contributed by atoms with E-state index in [0.717, 1.165) is 44.1 Å². The predicted molar refractivity (Wildman–Crippen MR) is 126 cm³/mol. The van der Waals surface area contributed by atoms with E-state index in [2.05, 4.69) is 22.3 Å². The maximum absolute atomic E-state index is 6.70. The van der Waals surface area contributed by atoms with Crippen LogP contribution in [0.25, 0.3) is 32.9 Å². The van der Waals surface area contributed by atoms with E-state index in [1.807, 2.05) is 48.7 Å². The summed E-state index contributed by atoms with van der Waals surface area (Å²) in [6, 6.07) is 15.0. The Balaban J connectivity index is 1.63. The minimum atomic E-state index is -0.466. The minimum absolute atomic E-state index is 0.305. The fraction of sp³-hybridized carbons (Fsp3) is 0.167. The number of aromatic nitrogens is 4. The average Bonchev–Trinajstić information content (AvgIpc) is 3.45. The molecule has 5 rings (SSSR count). The van der Waals surface area contributed by atoms with E-state index in [0.29, 0.717) is 12.2 Å². The van der Waals surface area contributed by atoms with Gasteiger partial charge in [0, 0.05) is 41.0 Å². The Labute approximate surface area is 189 Å². The number of nitrogens with zero attached hydrogens (tertiary/aromatic N) is 4. The molecule has 0 spiro atoms. The van der Waals surface area contributed by atoms with Crippen molar-refractivity contribution in [1.82, 2.24) is 20.1 Å². The van der Waals surface area contributed by atoms with E-state index < -0.39 is 6.04 Å². The van der Waals surface area contributed by atoms with Crippen LogP contribution in [0, 0.1) is 6.92 Å². The molecule has 0 bridgehead atoms. The minimum Gasteiger partial charge on any atom is -0.361 e. The summed E-state index contributed by atoms with van der Waals surface area (Å²) >= 11 is 1.55. The highest BCUT2D eigenvalue weighted by Gasteiger charge is 2.24. The van der Waals surface area contributed by atoms with Gasteiger partial charge in [0.25, 0.3) is 0 Å². The van der Waals surface area contributed by atoms with Crippen LogP contribution in [0.1, 0.15) is 23.1 Å². The summed E-state index contributed by atoms with van der Waals surface area (Å²) in [5.41, 5.74) is 18.4. The van der Waals surface area contributed by atoms with Crippen LogP contribution in [-0.4, -0.2) is 26.2 Å². The summed E-state index contributed by atoms with van der Waals surface area (Å²) < 4.78 is 6.20. The molecule has 32 heavy (non-hydrogen) atoms.